The molecule has 0 radical (unpaired) electrons. The van der Waals surface area contributed by atoms with E-state index in [1.807, 2.05) is 19.1 Å². The monoisotopic (exact) mass is 295 g/mol. The van der Waals surface area contributed by atoms with E-state index in [0.717, 1.165) is 5.56 Å². The molecule has 1 aromatic carbocycles. The fourth-order valence-electron chi connectivity index (χ4n) is 1.62. The summed E-state index contributed by atoms with van der Waals surface area (Å²) in [4.78, 5) is 33.0. The summed E-state index contributed by atoms with van der Waals surface area (Å²) < 4.78 is 5.28. The molecular formula is C14H17NO6. The van der Waals surface area contributed by atoms with Gasteiger partial charge in [0.1, 0.15) is 11.8 Å². The Balaban J connectivity index is 2.49. The highest BCUT2D eigenvalue weighted by Crippen LogP contribution is 2.15. The number of aryl methyl sites for hydroxylation is 1. The van der Waals surface area contributed by atoms with Crippen LogP contribution in [0.3, 0.4) is 0 Å². The molecule has 1 atom stereocenters. The molecule has 0 saturated heterocycles. The molecule has 0 fully saturated rings. The molecule has 7 heteroatoms. The number of amides is 1. The lowest BCUT2D eigenvalue weighted by molar-refractivity contribution is -0.143. The molecule has 3 N–H and O–H groups in total. The summed E-state index contributed by atoms with van der Waals surface area (Å²) in [5, 5.41) is 19.7. The van der Waals surface area contributed by atoms with E-state index in [9.17, 15) is 14.4 Å². The average Bonchev–Trinajstić information content (AvgIpc) is 2.42. The van der Waals surface area contributed by atoms with Gasteiger partial charge in [-0.05, 0) is 25.0 Å². The molecule has 0 aliphatic heterocycles. The molecule has 0 aliphatic carbocycles. The van der Waals surface area contributed by atoms with E-state index in [1.165, 1.54) is 0 Å². The van der Waals surface area contributed by atoms with Gasteiger partial charge < -0.3 is 20.3 Å². The third-order valence-corrected chi connectivity index (χ3v) is 2.73. The lowest BCUT2D eigenvalue weighted by atomic mass is 10.1. The molecule has 0 aromatic heterocycles. The highest BCUT2D eigenvalue weighted by Gasteiger charge is 2.21. The summed E-state index contributed by atoms with van der Waals surface area (Å²) in [5.41, 5.74) is 0.853. The Morgan fingerprint density at radius 3 is 2.48 bits per heavy atom. The van der Waals surface area contributed by atoms with Crippen molar-refractivity contribution in [3.8, 4) is 5.75 Å². The zero-order valence-electron chi connectivity index (χ0n) is 11.5. The van der Waals surface area contributed by atoms with Crippen LogP contribution in [-0.4, -0.2) is 40.7 Å². The third-order valence-electron chi connectivity index (χ3n) is 2.73. The van der Waals surface area contributed by atoms with Crippen LogP contribution in [0.2, 0.25) is 0 Å². The number of hydrogen-bond acceptors (Lipinski definition) is 4. The molecule has 7 nitrogen and oxygen atoms in total. The van der Waals surface area contributed by atoms with Crippen molar-refractivity contribution in [2.24, 2.45) is 0 Å². The number of carbonyl (C=O) groups is 3. The lowest BCUT2D eigenvalue weighted by Gasteiger charge is -2.14. The van der Waals surface area contributed by atoms with Crippen molar-refractivity contribution in [1.82, 2.24) is 5.32 Å². The number of carboxylic acid groups (broad SMARTS) is 2. The molecule has 1 rings (SSSR count). The van der Waals surface area contributed by atoms with Crippen LogP contribution in [0.5, 0.6) is 5.75 Å². The second kappa shape index (κ2) is 7.88. The summed E-state index contributed by atoms with van der Waals surface area (Å²) in [6.45, 7) is 1.49. The Labute approximate surface area is 121 Å². The fourth-order valence-corrected chi connectivity index (χ4v) is 1.62. The summed E-state index contributed by atoms with van der Waals surface area (Å²) in [6, 6.07) is 5.86. The number of hydrogen-bond donors (Lipinski definition) is 3. The molecule has 1 unspecified atom stereocenters. The van der Waals surface area contributed by atoms with Gasteiger partial charge in [0, 0.05) is 6.42 Å². The van der Waals surface area contributed by atoms with Gasteiger partial charge in [-0.1, -0.05) is 18.2 Å². The standard InChI is InChI=1S/C14H17NO6/c1-9-4-2-3-5-11(9)21-8-12(16)15-10(14(19)20)6-7-13(17)18/h2-5,10H,6-8H2,1H3,(H,15,16)(H,17,18)(H,19,20). The van der Waals surface area contributed by atoms with Crippen molar-refractivity contribution in [2.75, 3.05) is 6.61 Å². The Morgan fingerprint density at radius 1 is 1.24 bits per heavy atom. The smallest absolute Gasteiger partial charge is 0.326 e. The van der Waals surface area contributed by atoms with Crippen LogP contribution in [0.25, 0.3) is 0 Å². The minimum Gasteiger partial charge on any atom is -0.484 e. The number of nitrogens with one attached hydrogen (secondary N) is 1. The van der Waals surface area contributed by atoms with Crippen LogP contribution >= 0.6 is 0 Å². The summed E-state index contributed by atoms with van der Waals surface area (Å²) in [7, 11) is 0. The van der Waals surface area contributed by atoms with Crippen LogP contribution in [0.15, 0.2) is 24.3 Å². The Kier molecular flexibility index (Phi) is 6.19. The maximum atomic E-state index is 11.6. The molecule has 0 bridgehead atoms. The van der Waals surface area contributed by atoms with Crippen molar-refractivity contribution in [1.29, 1.82) is 0 Å². The van der Waals surface area contributed by atoms with Crippen LogP contribution < -0.4 is 10.1 Å². The van der Waals surface area contributed by atoms with Gasteiger partial charge in [0.05, 0.1) is 0 Å². The number of para-hydroxylation sites is 1. The van der Waals surface area contributed by atoms with Crippen LogP contribution in [0.4, 0.5) is 0 Å². The number of benzene rings is 1. The summed E-state index contributed by atoms with van der Waals surface area (Å²) in [6.07, 6.45) is -0.517. The highest BCUT2D eigenvalue weighted by atomic mass is 16.5. The SMILES string of the molecule is Cc1ccccc1OCC(=O)NC(CCC(=O)O)C(=O)O. The van der Waals surface area contributed by atoms with E-state index in [0.29, 0.717) is 5.75 Å². The summed E-state index contributed by atoms with van der Waals surface area (Å²) >= 11 is 0. The van der Waals surface area contributed by atoms with Crippen LogP contribution in [0, 0.1) is 6.92 Å². The largest absolute Gasteiger partial charge is 0.484 e. The van der Waals surface area contributed by atoms with Gasteiger partial charge in [-0.3, -0.25) is 9.59 Å². The van der Waals surface area contributed by atoms with E-state index in [-0.39, 0.29) is 19.4 Å². The van der Waals surface area contributed by atoms with Gasteiger partial charge >= 0.3 is 11.9 Å². The second-order valence-corrected chi connectivity index (χ2v) is 4.44. The molecule has 0 spiro atoms. The molecular weight excluding hydrogens is 278 g/mol. The second-order valence-electron chi connectivity index (χ2n) is 4.44. The van der Waals surface area contributed by atoms with E-state index in [1.54, 1.807) is 12.1 Å². The predicted molar refractivity (Wildman–Crippen MR) is 73.1 cm³/mol. The highest BCUT2D eigenvalue weighted by molar-refractivity contribution is 5.84. The van der Waals surface area contributed by atoms with Crippen molar-refractivity contribution >= 4 is 17.8 Å². The molecule has 1 amide bonds. The third kappa shape index (κ3) is 5.94. The van der Waals surface area contributed by atoms with Gasteiger partial charge in [-0.25, -0.2) is 4.79 Å². The first-order chi connectivity index (χ1) is 9.90. The predicted octanol–water partition coefficient (Wildman–Crippen LogP) is 0.808. The maximum absolute atomic E-state index is 11.6. The summed E-state index contributed by atoms with van der Waals surface area (Å²) in [5.74, 6) is -2.48. The Bertz CT molecular complexity index is 528. The van der Waals surface area contributed by atoms with E-state index in [2.05, 4.69) is 5.32 Å². The number of carboxylic acids is 2. The van der Waals surface area contributed by atoms with Crippen molar-refractivity contribution in [3.05, 3.63) is 29.8 Å². The average molecular weight is 295 g/mol. The van der Waals surface area contributed by atoms with E-state index in [4.69, 9.17) is 14.9 Å². The van der Waals surface area contributed by atoms with Gasteiger partial charge in [0.15, 0.2) is 6.61 Å². The number of aliphatic carboxylic acids is 2. The van der Waals surface area contributed by atoms with Gasteiger partial charge in [-0.2, -0.15) is 0 Å². The zero-order valence-corrected chi connectivity index (χ0v) is 11.5. The van der Waals surface area contributed by atoms with E-state index < -0.39 is 23.9 Å². The van der Waals surface area contributed by atoms with Crippen LogP contribution in [-0.2, 0) is 14.4 Å². The van der Waals surface area contributed by atoms with Gasteiger partial charge in [0.25, 0.3) is 5.91 Å². The Hall–Kier alpha value is -2.57. The zero-order chi connectivity index (χ0) is 15.8. The number of rotatable bonds is 8. The van der Waals surface area contributed by atoms with Crippen molar-refractivity contribution < 1.29 is 29.3 Å². The van der Waals surface area contributed by atoms with Crippen molar-refractivity contribution in [2.45, 2.75) is 25.8 Å². The molecule has 21 heavy (non-hydrogen) atoms. The first kappa shape index (κ1) is 16.5. The minimum atomic E-state index is -1.28. The van der Waals surface area contributed by atoms with Crippen LogP contribution in [0.1, 0.15) is 18.4 Å². The first-order valence-corrected chi connectivity index (χ1v) is 6.32. The van der Waals surface area contributed by atoms with Gasteiger partial charge in [0.2, 0.25) is 0 Å². The normalized spacial score (nSPS) is 11.5. The van der Waals surface area contributed by atoms with Crippen molar-refractivity contribution in [3.63, 3.8) is 0 Å². The Morgan fingerprint density at radius 2 is 1.90 bits per heavy atom. The first-order valence-electron chi connectivity index (χ1n) is 6.32. The number of ether oxygens (including phenoxy) is 1. The molecule has 0 aliphatic rings. The minimum absolute atomic E-state index is 0.180. The molecule has 0 heterocycles. The van der Waals surface area contributed by atoms with E-state index >= 15 is 0 Å². The number of carbonyl (C=O) groups excluding carboxylic acids is 1. The molecule has 114 valence electrons. The molecule has 1 aromatic rings. The fraction of sp³-hybridized carbons (Fsp3) is 0.357. The van der Waals surface area contributed by atoms with Gasteiger partial charge in [-0.15, -0.1) is 0 Å². The molecule has 0 saturated carbocycles. The lowest BCUT2D eigenvalue weighted by Crippen LogP contribution is -2.43. The quantitative estimate of drug-likeness (QED) is 0.654. The topological polar surface area (TPSA) is 113 Å². The maximum Gasteiger partial charge on any atom is 0.326 e.